The minimum atomic E-state index is -0.499. The Morgan fingerprint density at radius 1 is 1.00 bits per heavy atom. The SMILES string of the molecule is COc1ccc(N2CC(NC(=O)CN3C(=O)c4ccccc4C3=O)CC2=O)cc1OC. The first-order valence-corrected chi connectivity index (χ1v) is 9.70. The fraction of sp³-hybridized carbons (Fsp3) is 0.273. The Morgan fingerprint density at radius 2 is 1.65 bits per heavy atom. The van der Waals surface area contributed by atoms with E-state index in [-0.39, 0.29) is 30.0 Å². The molecule has 1 saturated heterocycles. The average molecular weight is 423 g/mol. The second kappa shape index (κ2) is 8.10. The highest BCUT2D eigenvalue weighted by atomic mass is 16.5. The molecule has 9 nitrogen and oxygen atoms in total. The van der Waals surface area contributed by atoms with Crippen LogP contribution in [0.1, 0.15) is 27.1 Å². The smallest absolute Gasteiger partial charge is 0.262 e. The highest BCUT2D eigenvalue weighted by Crippen LogP contribution is 2.33. The molecule has 1 N–H and O–H groups in total. The van der Waals surface area contributed by atoms with Crippen LogP contribution in [0.25, 0.3) is 0 Å². The van der Waals surface area contributed by atoms with Gasteiger partial charge in [-0.1, -0.05) is 12.1 Å². The summed E-state index contributed by atoms with van der Waals surface area (Å²) in [6.07, 6.45) is 0.113. The van der Waals surface area contributed by atoms with Crippen molar-refractivity contribution in [2.75, 3.05) is 32.2 Å². The molecule has 0 bridgehead atoms. The van der Waals surface area contributed by atoms with Crippen LogP contribution in [0.3, 0.4) is 0 Å². The Hall–Kier alpha value is -3.88. The number of anilines is 1. The van der Waals surface area contributed by atoms with Gasteiger partial charge in [-0.2, -0.15) is 0 Å². The molecule has 2 aliphatic rings. The van der Waals surface area contributed by atoms with Gasteiger partial charge in [0.25, 0.3) is 11.8 Å². The lowest BCUT2D eigenvalue weighted by atomic mass is 10.1. The van der Waals surface area contributed by atoms with Crippen molar-refractivity contribution in [1.82, 2.24) is 10.2 Å². The summed E-state index contributed by atoms with van der Waals surface area (Å²) in [5.74, 6) is -0.607. The van der Waals surface area contributed by atoms with E-state index in [1.54, 1.807) is 47.4 Å². The van der Waals surface area contributed by atoms with E-state index in [4.69, 9.17) is 9.47 Å². The van der Waals surface area contributed by atoms with Crippen molar-refractivity contribution in [3.63, 3.8) is 0 Å². The molecule has 2 aromatic carbocycles. The largest absolute Gasteiger partial charge is 0.493 e. The number of benzene rings is 2. The summed E-state index contributed by atoms with van der Waals surface area (Å²) in [5.41, 5.74) is 1.20. The molecule has 2 aromatic rings. The number of methoxy groups -OCH3 is 2. The van der Waals surface area contributed by atoms with Gasteiger partial charge in [-0.3, -0.25) is 24.1 Å². The number of ether oxygens (including phenoxy) is 2. The third kappa shape index (κ3) is 3.70. The van der Waals surface area contributed by atoms with Crippen LogP contribution in [-0.2, 0) is 9.59 Å². The van der Waals surface area contributed by atoms with Crippen LogP contribution in [0.2, 0.25) is 0 Å². The van der Waals surface area contributed by atoms with Crippen LogP contribution in [0.15, 0.2) is 42.5 Å². The molecule has 9 heteroatoms. The summed E-state index contributed by atoms with van der Waals surface area (Å²) in [5, 5.41) is 2.75. The Morgan fingerprint density at radius 3 is 2.26 bits per heavy atom. The molecule has 1 unspecified atom stereocenters. The molecule has 0 radical (unpaired) electrons. The van der Waals surface area contributed by atoms with E-state index in [0.29, 0.717) is 17.2 Å². The zero-order valence-electron chi connectivity index (χ0n) is 17.1. The van der Waals surface area contributed by atoms with Crippen molar-refractivity contribution in [1.29, 1.82) is 0 Å². The van der Waals surface area contributed by atoms with Gasteiger partial charge >= 0.3 is 0 Å². The quantitative estimate of drug-likeness (QED) is 0.701. The van der Waals surface area contributed by atoms with Gasteiger partial charge in [-0.05, 0) is 24.3 Å². The van der Waals surface area contributed by atoms with Crippen LogP contribution in [0.4, 0.5) is 5.69 Å². The minimum absolute atomic E-state index is 0.113. The third-order valence-corrected chi connectivity index (χ3v) is 5.35. The second-order valence-electron chi connectivity index (χ2n) is 7.25. The van der Waals surface area contributed by atoms with Crippen LogP contribution in [-0.4, -0.2) is 61.9 Å². The number of fused-ring (bicyclic) bond motifs is 1. The van der Waals surface area contributed by atoms with Crippen molar-refractivity contribution in [2.24, 2.45) is 0 Å². The highest BCUT2D eigenvalue weighted by molar-refractivity contribution is 6.22. The lowest BCUT2D eigenvalue weighted by Gasteiger charge is -2.19. The Bertz CT molecular complexity index is 1050. The molecule has 1 fully saturated rings. The molecule has 1 atom stereocenters. The predicted molar refractivity (Wildman–Crippen MR) is 110 cm³/mol. The van der Waals surface area contributed by atoms with Gasteiger partial charge in [0.1, 0.15) is 6.54 Å². The Kier molecular flexibility index (Phi) is 5.33. The summed E-state index contributed by atoms with van der Waals surface area (Å²) in [7, 11) is 3.04. The minimum Gasteiger partial charge on any atom is -0.493 e. The van der Waals surface area contributed by atoms with Gasteiger partial charge in [-0.25, -0.2) is 0 Å². The summed E-state index contributed by atoms with van der Waals surface area (Å²) in [6, 6.07) is 11.1. The van der Waals surface area contributed by atoms with Crippen molar-refractivity contribution in [3.05, 3.63) is 53.6 Å². The van der Waals surface area contributed by atoms with Crippen molar-refractivity contribution < 1.29 is 28.7 Å². The monoisotopic (exact) mass is 423 g/mol. The molecule has 2 aliphatic heterocycles. The Labute approximate surface area is 178 Å². The maximum atomic E-state index is 12.5. The van der Waals surface area contributed by atoms with E-state index < -0.39 is 30.3 Å². The number of nitrogens with zero attached hydrogens (tertiary/aromatic N) is 2. The molecular formula is C22H21N3O6. The van der Waals surface area contributed by atoms with Gasteiger partial charge in [0.05, 0.1) is 31.4 Å². The standard InChI is InChI=1S/C22H21N3O6/c1-30-17-8-7-14(10-18(17)31-2)24-11-13(9-20(24)27)23-19(26)12-25-21(28)15-5-3-4-6-16(15)22(25)29/h3-8,10,13H,9,11-12H2,1-2H3,(H,23,26). The number of hydrogen-bond acceptors (Lipinski definition) is 6. The number of rotatable bonds is 6. The number of amides is 4. The zero-order valence-corrected chi connectivity index (χ0v) is 17.1. The van der Waals surface area contributed by atoms with E-state index in [1.807, 2.05) is 0 Å². The van der Waals surface area contributed by atoms with Crippen LogP contribution < -0.4 is 19.7 Å². The van der Waals surface area contributed by atoms with Crippen molar-refractivity contribution >= 4 is 29.3 Å². The Balaban J connectivity index is 1.40. The number of nitrogens with one attached hydrogen (secondary N) is 1. The molecule has 0 aromatic heterocycles. The molecule has 0 aliphatic carbocycles. The second-order valence-corrected chi connectivity index (χ2v) is 7.25. The molecule has 0 saturated carbocycles. The van der Waals surface area contributed by atoms with Crippen LogP contribution in [0.5, 0.6) is 11.5 Å². The molecular weight excluding hydrogens is 402 g/mol. The van der Waals surface area contributed by atoms with E-state index in [0.717, 1.165) is 4.90 Å². The lowest BCUT2D eigenvalue weighted by Crippen LogP contribution is -2.44. The maximum Gasteiger partial charge on any atom is 0.262 e. The average Bonchev–Trinajstić information content (AvgIpc) is 3.25. The predicted octanol–water partition coefficient (Wildman–Crippen LogP) is 1.22. The first kappa shape index (κ1) is 20.4. The highest BCUT2D eigenvalue weighted by Gasteiger charge is 2.37. The normalized spacial score (nSPS) is 17.7. The van der Waals surface area contributed by atoms with Gasteiger partial charge < -0.3 is 19.7 Å². The molecule has 31 heavy (non-hydrogen) atoms. The number of imide groups is 1. The van der Waals surface area contributed by atoms with Crippen molar-refractivity contribution in [2.45, 2.75) is 12.5 Å². The summed E-state index contributed by atoms with van der Waals surface area (Å²) >= 11 is 0. The van der Waals surface area contributed by atoms with Crippen LogP contribution >= 0.6 is 0 Å². The number of hydrogen-bond donors (Lipinski definition) is 1. The first-order chi connectivity index (χ1) is 14.9. The molecule has 160 valence electrons. The zero-order chi connectivity index (χ0) is 22.1. The molecule has 2 heterocycles. The summed E-state index contributed by atoms with van der Waals surface area (Å²) < 4.78 is 10.5. The number of carbonyl (C=O) groups excluding carboxylic acids is 4. The first-order valence-electron chi connectivity index (χ1n) is 9.70. The van der Waals surface area contributed by atoms with Gasteiger partial charge in [0, 0.05) is 24.7 Å². The maximum absolute atomic E-state index is 12.5. The topological polar surface area (TPSA) is 105 Å². The summed E-state index contributed by atoms with van der Waals surface area (Å²) in [6.45, 7) is -0.129. The van der Waals surface area contributed by atoms with E-state index in [2.05, 4.69) is 5.32 Å². The van der Waals surface area contributed by atoms with E-state index >= 15 is 0 Å². The third-order valence-electron chi connectivity index (χ3n) is 5.35. The van der Waals surface area contributed by atoms with Gasteiger partial charge in [0.2, 0.25) is 11.8 Å². The van der Waals surface area contributed by atoms with E-state index in [1.165, 1.54) is 14.2 Å². The lowest BCUT2D eigenvalue weighted by molar-refractivity contribution is -0.122. The van der Waals surface area contributed by atoms with Crippen molar-refractivity contribution in [3.8, 4) is 11.5 Å². The molecule has 0 spiro atoms. The van der Waals surface area contributed by atoms with E-state index in [9.17, 15) is 19.2 Å². The summed E-state index contributed by atoms with van der Waals surface area (Å²) in [4.78, 5) is 52.3. The molecule has 4 rings (SSSR count). The van der Waals surface area contributed by atoms with Gasteiger partial charge in [-0.15, -0.1) is 0 Å². The molecule has 4 amide bonds. The fourth-order valence-corrected chi connectivity index (χ4v) is 3.85. The fourth-order valence-electron chi connectivity index (χ4n) is 3.85. The van der Waals surface area contributed by atoms with Gasteiger partial charge in [0.15, 0.2) is 11.5 Å². The number of carbonyl (C=O) groups is 4. The van der Waals surface area contributed by atoms with Crippen LogP contribution in [0, 0.1) is 0 Å².